The number of hydrogen-bond donors (Lipinski definition) is 0. The summed E-state index contributed by atoms with van der Waals surface area (Å²) in [6, 6.07) is 6.05. The Hall–Kier alpha value is -1.43. The van der Waals surface area contributed by atoms with Crippen molar-refractivity contribution in [3.05, 3.63) is 39.9 Å². The Morgan fingerprint density at radius 3 is 2.60 bits per heavy atom. The van der Waals surface area contributed by atoms with Crippen LogP contribution in [0.15, 0.2) is 24.3 Å². The highest BCUT2D eigenvalue weighted by molar-refractivity contribution is 9.09. The molecule has 0 aliphatic carbocycles. The molecule has 20 heavy (non-hydrogen) atoms. The average molecular weight is 341 g/mol. The van der Waals surface area contributed by atoms with Crippen molar-refractivity contribution in [2.24, 2.45) is 0 Å². The highest BCUT2D eigenvalue weighted by Crippen LogP contribution is 2.21. The van der Waals surface area contributed by atoms with Gasteiger partial charge in [0.15, 0.2) is 0 Å². The number of hydrogen-bond acceptors (Lipinski definition) is 3. The smallest absolute Gasteiger partial charge is 0.269 e. The van der Waals surface area contributed by atoms with Crippen LogP contribution in [0.25, 0.3) is 0 Å². The van der Waals surface area contributed by atoms with Gasteiger partial charge in [-0.2, -0.15) is 0 Å². The minimum Gasteiger partial charge on any atom is -0.335 e. The van der Waals surface area contributed by atoms with Crippen LogP contribution in [-0.2, 0) is 0 Å². The first-order valence-corrected chi connectivity index (χ1v) is 7.87. The van der Waals surface area contributed by atoms with Crippen molar-refractivity contribution in [3.8, 4) is 0 Å². The lowest BCUT2D eigenvalue weighted by Crippen LogP contribution is -2.41. The van der Waals surface area contributed by atoms with Gasteiger partial charge in [-0.05, 0) is 25.0 Å². The van der Waals surface area contributed by atoms with Gasteiger partial charge in [-0.1, -0.05) is 28.8 Å². The number of benzene rings is 1. The summed E-state index contributed by atoms with van der Waals surface area (Å²) in [6.07, 6.45) is 4.31. The van der Waals surface area contributed by atoms with Gasteiger partial charge in [0.2, 0.25) is 0 Å². The summed E-state index contributed by atoms with van der Waals surface area (Å²) < 4.78 is 0. The molecule has 108 valence electrons. The topological polar surface area (TPSA) is 63.4 Å². The molecule has 0 spiro atoms. The number of nitro benzene ring substituents is 1. The zero-order valence-corrected chi connectivity index (χ0v) is 12.7. The molecule has 0 radical (unpaired) electrons. The molecule has 0 aromatic heterocycles. The Kier molecular flexibility index (Phi) is 5.11. The number of carbonyl (C=O) groups excluding carboxylic acids is 1. The van der Waals surface area contributed by atoms with Crippen LogP contribution in [0.2, 0.25) is 0 Å². The second-order valence-corrected chi connectivity index (χ2v) is 5.61. The molecular formula is C14H17BrN2O3. The van der Waals surface area contributed by atoms with Crippen LogP contribution >= 0.6 is 15.9 Å². The third-order valence-corrected chi connectivity index (χ3v) is 4.39. The van der Waals surface area contributed by atoms with Gasteiger partial charge in [0.05, 0.1) is 4.92 Å². The van der Waals surface area contributed by atoms with Gasteiger partial charge in [-0.25, -0.2) is 0 Å². The molecule has 1 fully saturated rings. The first-order valence-electron chi connectivity index (χ1n) is 6.75. The van der Waals surface area contributed by atoms with Gasteiger partial charge in [0, 0.05) is 35.6 Å². The standard InChI is InChI=1S/C14H17BrN2O3/c15-10-13-4-2-1-3-9-16(13)14(18)11-5-7-12(8-6-11)17(19)20/h5-8,13H,1-4,9-10H2. The van der Waals surface area contributed by atoms with E-state index in [2.05, 4.69) is 15.9 Å². The summed E-state index contributed by atoms with van der Waals surface area (Å²) in [4.78, 5) is 24.6. The Morgan fingerprint density at radius 2 is 2.00 bits per heavy atom. The van der Waals surface area contributed by atoms with Crippen molar-refractivity contribution >= 4 is 27.5 Å². The number of amides is 1. The lowest BCUT2D eigenvalue weighted by molar-refractivity contribution is -0.384. The van der Waals surface area contributed by atoms with Crippen molar-refractivity contribution in [2.45, 2.75) is 31.7 Å². The molecule has 1 unspecified atom stereocenters. The third kappa shape index (κ3) is 3.36. The fraction of sp³-hybridized carbons (Fsp3) is 0.500. The van der Waals surface area contributed by atoms with E-state index in [9.17, 15) is 14.9 Å². The molecule has 1 saturated heterocycles. The maximum absolute atomic E-state index is 12.5. The van der Waals surface area contributed by atoms with Gasteiger partial charge >= 0.3 is 0 Å². The monoisotopic (exact) mass is 340 g/mol. The maximum atomic E-state index is 12.5. The summed E-state index contributed by atoms with van der Waals surface area (Å²) >= 11 is 3.47. The Balaban J connectivity index is 2.17. The maximum Gasteiger partial charge on any atom is 0.269 e. The van der Waals surface area contributed by atoms with E-state index in [1.165, 1.54) is 24.3 Å². The van der Waals surface area contributed by atoms with E-state index in [1.54, 1.807) is 0 Å². The lowest BCUT2D eigenvalue weighted by atomic mass is 10.1. The molecular weight excluding hydrogens is 324 g/mol. The van der Waals surface area contributed by atoms with E-state index < -0.39 is 4.92 Å². The van der Waals surface area contributed by atoms with Gasteiger partial charge in [0.25, 0.3) is 11.6 Å². The summed E-state index contributed by atoms with van der Waals surface area (Å²) in [5, 5.41) is 11.4. The van der Waals surface area contributed by atoms with Crippen LogP contribution in [0.5, 0.6) is 0 Å². The minimum atomic E-state index is -0.457. The third-order valence-electron chi connectivity index (χ3n) is 3.64. The normalized spacial score (nSPS) is 19.4. The van der Waals surface area contributed by atoms with Crippen LogP contribution in [0.1, 0.15) is 36.0 Å². The van der Waals surface area contributed by atoms with Crippen LogP contribution < -0.4 is 0 Å². The minimum absolute atomic E-state index is 0.00876. The highest BCUT2D eigenvalue weighted by atomic mass is 79.9. The van der Waals surface area contributed by atoms with Crippen molar-refractivity contribution in [2.75, 3.05) is 11.9 Å². The lowest BCUT2D eigenvalue weighted by Gasteiger charge is -2.28. The molecule has 2 rings (SSSR count). The van der Waals surface area contributed by atoms with E-state index in [0.29, 0.717) is 5.56 Å². The molecule has 1 amide bonds. The summed E-state index contributed by atoms with van der Waals surface area (Å²) in [5.74, 6) is -0.0359. The molecule has 0 saturated carbocycles. The van der Waals surface area contributed by atoms with Crippen LogP contribution in [0.3, 0.4) is 0 Å². The molecule has 0 N–H and O–H groups in total. The largest absolute Gasteiger partial charge is 0.335 e. The molecule has 1 aliphatic rings. The quantitative estimate of drug-likeness (QED) is 0.481. The first-order chi connectivity index (χ1) is 9.63. The number of alkyl halides is 1. The van der Waals surface area contributed by atoms with E-state index >= 15 is 0 Å². The van der Waals surface area contributed by atoms with Gasteiger partial charge in [-0.3, -0.25) is 14.9 Å². The summed E-state index contributed by atoms with van der Waals surface area (Å²) in [5.41, 5.74) is 0.526. The van der Waals surface area contributed by atoms with Crippen LogP contribution in [-0.4, -0.2) is 33.6 Å². The van der Waals surface area contributed by atoms with Gasteiger partial charge in [0.1, 0.15) is 0 Å². The van der Waals surface area contributed by atoms with Crippen molar-refractivity contribution < 1.29 is 9.72 Å². The predicted octanol–water partition coefficient (Wildman–Crippen LogP) is 3.37. The van der Waals surface area contributed by atoms with Gasteiger partial charge in [-0.15, -0.1) is 0 Å². The number of non-ortho nitro benzene ring substituents is 1. The fourth-order valence-corrected chi connectivity index (χ4v) is 3.17. The number of halogens is 1. The number of carbonyl (C=O) groups is 1. The first kappa shape index (κ1) is 15.0. The average Bonchev–Trinajstić information content (AvgIpc) is 2.71. The Bertz CT molecular complexity index is 490. The SMILES string of the molecule is O=C(c1ccc([N+](=O)[O-])cc1)N1CCCCCC1CBr. The summed E-state index contributed by atoms with van der Waals surface area (Å²) in [7, 11) is 0. The predicted molar refractivity (Wildman–Crippen MR) is 80.2 cm³/mol. The van der Waals surface area contributed by atoms with Crippen molar-refractivity contribution in [1.29, 1.82) is 0 Å². The second kappa shape index (κ2) is 6.83. The van der Waals surface area contributed by atoms with E-state index in [0.717, 1.165) is 37.6 Å². The molecule has 0 bridgehead atoms. The molecule has 1 atom stereocenters. The Labute approximate surface area is 126 Å². The number of likely N-dealkylation sites (tertiary alicyclic amines) is 1. The van der Waals surface area contributed by atoms with Crippen LogP contribution in [0, 0.1) is 10.1 Å². The number of nitrogens with zero attached hydrogens (tertiary/aromatic N) is 2. The molecule has 1 aromatic carbocycles. The van der Waals surface area contributed by atoms with E-state index in [4.69, 9.17) is 0 Å². The number of rotatable bonds is 3. The molecule has 6 heteroatoms. The Morgan fingerprint density at radius 1 is 1.30 bits per heavy atom. The molecule has 1 aliphatic heterocycles. The highest BCUT2D eigenvalue weighted by Gasteiger charge is 2.25. The second-order valence-electron chi connectivity index (χ2n) is 4.96. The molecule has 1 heterocycles. The zero-order valence-electron chi connectivity index (χ0n) is 11.1. The van der Waals surface area contributed by atoms with Gasteiger partial charge < -0.3 is 4.90 Å². The van der Waals surface area contributed by atoms with Crippen molar-refractivity contribution in [1.82, 2.24) is 4.90 Å². The fourth-order valence-electron chi connectivity index (χ4n) is 2.50. The molecule has 5 nitrogen and oxygen atoms in total. The zero-order chi connectivity index (χ0) is 14.5. The summed E-state index contributed by atoms with van der Waals surface area (Å²) in [6.45, 7) is 0.756. The molecule has 1 aromatic rings. The van der Waals surface area contributed by atoms with Crippen molar-refractivity contribution in [3.63, 3.8) is 0 Å². The number of nitro groups is 1. The van der Waals surface area contributed by atoms with E-state index in [1.807, 2.05) is 4.90 Å². The van der Waals surface area contributed by atoms with Crippen LogP contribution in [0.4, 0.5) is 5.69 Å². The van der Waals surface area contributed by atoms with E-state index in [-0.39, 0.29) is 17.6 Å².